The number of rotatable bonds is 2. The molecule has 0 fully saturated rings. The van der Waals surface area contributed by atoms with Crippen molar-refractivity contribution in [2.75, 3.05) is 0 Å². The number of hydrogen-bond donors (Lipinski definition) is 0. The predicted molar refractivity (Wildman–Crippen MR) is 97.2 cm³/mol. The van der Waals surface area contributed by atoms with Crippen molar-refractivity contribution in [3.05, 3.63) is 61.1 Å². The van der Waals surface area contributed by atoms with Crippen LogP contribution in [0.3, 0.4) is 0 Å². The zero-order chi connectivity index (χ0) is 16.8. The Morgan fingerprint density at radius 1 is 1.04 bits per heavy atom. The van der Waals surface area contributed by atoms with Gasteiger partial charge in [0, 0.05) is 21.2 Å². The summed E-state index contributed by atoms with van der Waals surface area (Å²) in [5.41, 5.74) is 0.458. The highest BCUT2D eigenvalue weighted by molar-refractivity contribution is 7.21. The molecule has 0 bridgehead atoms. The van der Waals surface area contributed by atoms with Gasteiger partial charge in [0.2, 0.25) is 0 Å². The van der Waals surface area contributed by atoms with E-state index in [2.05, 4.69) is 0 Å². The monoisotopic (exact) mass is 396 g/mol. The van der Waals surface area contributed by atoms with Crippen LogP contribution in [0.5, 0.6) is 5.75 Å². The van der Waals surface area contributed by atoms with E-state index in [-0.39, 0.29) is 0 Å². The van der Waals surface area contributed by atoms with E-state index in [4.69, 9.17) is 32.4 Å². The number of hydrogen-bond acceptors (Lipinski definition) is 6. The minimum atomic E-state index is -0.562. The second-order valence-electron chi connectivity index (χ2n) is 4.84. The highest BCUT2D eigenvalue weighted by atomic mass is 35.5. The molecule has 0 aliphatic carbocycles. The molecule has 8 heteroatoms. The van der Waals surface area contributed by atoms with Crippen LogP contribution in [0.1, 0.15) is 9.67 Å². The smallest absolute Gasteiger partial charge is 0.396 e. The molecule has 2 aromatic carbocycles. The molecule has 0 amide bonds. The van der Waals surface area contributed by atoms with Crippen LogP contribution in [0.4, 0.5) is 0 Å². The molecule has 2 aromatic heterocycles. The molecule has 0 radical (unpaired) electrons. The lowest BCUT2D eigenvalue weighted by atomic mass is 10.2. The number of carbonyl (C=O) groups is 1. The van der Waals surface area contributed by atoms with Crippen LogP contribution in [0.15, 0.2) is 45.6 Å². The van der Waals surface area contributed by atoms with E-state index in [1.807, 2.05) is 0 Å². The minimum absolute atomic E-state index is 0.300. The molecule has 0 aliphatic rings. The quantitative estimate of drug-likeness (QED) is 0.327. The standard InChI is InChI=1S/C16H6Cl2O4S2/c17-7-1-3-9-11(5-7)23-14(13(9)18)15(19)21-8-2-4-10-12(6-8)24-16(20)22-10/h1-6H. The van der Waals surface area contributed by atoms with Gasteiger partial charge in [0.15, 0.2) is 0 Å². The summed E-state index contributed by atoms with van der Waals surface area (Å²) in [7, 11) is 0. The first kappa shape index (κ1) is 15.7. The Kier molecular flexibility index (Phi) is 3.85. The molecule has 4 nitrogen and oxygen atoms in total. The van der Waals surface area contributed by atoms with Crippen molar-refractivity contribution in [2.24, 2.45) is 0 Å². The first-order chi connectivity index (χ1) is 11.5. The Morgan fingerprint density at radius 3 is 2.71 bits per heavy atom. The highest BCUT2D eigenvalue weighted by Crippen LogP contribution is 2.37. The average Bonchev–Trinajstić information content (AvgIpc) is 3.06. The van der Waals surface area contributed by atoms with E-state index >= 15 is 0 Å². The Labute approximate surface area is 152 Å². The van der Waals surface area contributed by atoms with Crippen molar-refractivity contribution in [2.45, 2.75) is 0 Å². The lowest BCUT2D eigenvalue weighted by Crippen LogP contribution is -2.06. The third-order valence-electron chi connectivity index (χ3n) is 3.29. The maximum Gasteiger partial charge on any atom is 0.396 e. The largest absolute Gasteiger partial charge is 0.422 e. The fourth-order valence-electron chi connectivity index (χ4n) is 2.24. The van der Waals surface area contributed by atoms with Crippen molar-refractivity contribution >= 4 is 72.2 Å². The summed E-state index contributed by atoms with van der Waals surface area (Å²) in [5, 5.41) is 1.66. The SMILES string of the molecule is O=C(Oc1ccc2oc(=O)sc2c1)c1sc2cc(Cl)ccc2c1Cl. The third-order valence-corrected chi connectivity index (χ3v) is 5.95. The highest BCUT2D eigenvalue weighted by Gasteiger charge is 2.19. The van der Waals surface area contributed by atoms with Gasteiger partial charge >= 0.3 is 10.9 Å². The number of fused-ring (bicyclic) bond motifs is 2. The molecule has 0 spiro atoms. The van der Waals surface area contributed by atoms with Gasteiger partial charge in [-0.05, 0) is 24.3 Å². The van der Waals surface area contributed by atoms with Crippen LogP contribution in [-0.2, 0) is 0 Å². The van der Waals surface area contributed by atoms with Crippen LogP contribution >= 0.6 is 45.9 Å². The lowest BCUT2D eigenvalue weighted by Gasteiger charge is -2.02. The summed E-state index contributed by atoms with van der Waals surface area (Å²) in [6.45, 7) is 0. The fourth-order valence-corrected chi connectivity index (χ4v) is 4.60. The van der Waals surface area contributed by atoms with Gasteiger partial charge in [-0.2, -0.15) is 0 Å². The Morgan fingerprint density at radius 2 is 1.88 bits per heavy atom. The Bertz CT molecular complexity index is 1160. The van der Waals surface area contributed by atoms with E-state index in [0.717, 1.165) is 21.4 Å². The van der Waals surface area contributed by atoms with Gasteiger partial charge < -0.3 is 9.15 Å². The molecular weight excluding hydrogens is 391 g/mol. The van der Waals surface area contributed by atoms with Crippen molar-refractivity contribution in [3.63, 3.8) is 0 Å². The van der Waals surface area contributed by atoms with Crippen molar-refractivity contribution in [1.82, 2.24) is 0 Å². The van der Waals surface area contributed by atoms with Gasteiger partial charge in [0.25, 0.3) is 0 Å². The molecule has 0 unspecified atom stereocenters. The number of esters is 1. The maximum atomic E-state index is 12.4. The number of benzene rings is 2. The van der Waals surface area contributed by atoms with Gasteiger partial charge in [-0.15, -0.1) is 11.3 Å². The number of ether oxygens (including phenoxy) is 1. The summed E-state index contributed by atoms with van der Waals surface area (Å²) in [6.07, 6.45) is 0. The molecule has 0 N–H and O–H groups in total. The summed E-state index contributed by atoms with van der Waals surface area (Å²) in [5.74, 6) is -0.247. The molecule has 4 rings (SSSR count). The predicted octanol–water partition coefficient (Wildman–Crippen LogP) is 5.60. The van der Waals surface area contributed by atoms with E-state index < -0.39 is 10.9 Å². The van der Waals surface area contributed by atoms with Crippen LogP contribution in [0.2, 0.25) is 10.0 Å². The van der Waals surface area contributed by atoms with Crippen LogP contribution in [0.25, 0.3) is 20.4 Å². The molecule has 0 aliphatic heterocycles. The van der Waals surface area contributed by atoms with Gasteiger partial charge in [-0.1, -0.05) is 40.6 Å². The lowest BCUT2D eigenvalue weighted by molar-refractivity contribution is 0.0740. The Balaban J connectivity index is 1.70. The van der Waals surface area contributed by atoms with Gasteiger partial charge in [-0.3, -0.25) is 0 Å². The molecule has 4 aromatic rings. The molecule has 0 atom stereocenters. The Hall–Kier alpha value is -1.86. The second-order valence-corrected chi connectivity index (χ2v) is 7.68. The summed E-state index contributed by atoms with van der Waals surface area (Å²) in [4.78, 5) is 23.5. The molecule has 120 valence electrons. The topological polar surface area (TPSA) is 56.5 Å². The average molecular weight is 397 g/mol. The van der Waals surface area contributed by atoms with Gasteiger partial charge in [0.05, 0.1) is 9.72 Å². The zero-order valence-electron chi connectivity index (χ0n) is 11.7. The first-order valence-corrected chi connectivity index (χ1v) is 9.03. The van der Waals surface area contributed by atoms with E-state index in [0.29, 0.717) is 31.0 Å². The minimum Gasteiger partial charge on any atom is -0.422 e. The summed E-state index contributed by atoms with van der Waals surface area (Å²) >= 11 is 14.4. The number of thiophene rings is 1. The van der Waals surface area contributed by atoms with Crippen molar-refractivity contribution in [3.8, 4) is 5.75 Å². The molecular formula is C16H6Cl2O4S2. The second kappa shape index (κ2) is 5.89. The zero-order valence-corrected chi connectivity index (χ0v) is 14.8. The first-order valence-electron chi connectivity index (χ1n) is 6.65. The maximum absolute atomic E-state index is 12.4. The fraction of sp³-hybridized carbons (Fsp3) is 0. The van der Waals surface area contributed by atoms with E-state index in [1.165, 1.54) is 11.3 Å². The van der Waals surface area contributed by atoms with E-state index in [1.54, 1.807) is 36.4 Å². The van der Waals surface area contributed by atoms with Gasteiger partial charge in [-0.25, -0.2) is 9.59 Å². The molecule has 0 saturated heterocycles. The summed E-state index contributed by atoms with van der Waals surface area (Å²) in [6, 6.07) is 9.96. The third kappa shape index (κ3) is 2.71. The van der Waals surface area contributed by atoms with E-state index in [9.17, 15) is 9.59 Å². The van der Waals surface area contributed by atoms with Crippen molar-refractivity contribution in [1.29, 1.82) is 0 Å². The number of carbonyl (C=O) groups excluding carboxylic acids is 1. The summed E-state index contributed by atoms with van der Waals surface area (Å²) < 4.78 is 11.8. The van der Waals surface area contributed by atoms with Crippen LogP contribution in [0, 0.1) is 0 Å². The van der Waals surface area contributed by atoms with Crippen LogP contribution in [-0.4, -0.2) is 5.97 Å². The number of halogens is 2. The van der Waals surface area contributed by atoms with Gasteiger partial charge in [0.1, 0.15) is 16.2 Å². The molecule has 0 saturated carbocycles. The molecule has 24 heavy (non-hydrogen) atoms. The molecule has 2 heterocycles. The normalized spacial score (nSPS) is 11.2. The van der Waals surface area contributed by atoms with Crippen LogP contribution < -0.4 is 9.68 Å². The van der Waals surface area contributed by atoms with Crippen molar-refractivity contribution < 1.29 is 13.9 Å².